The molecule has 3 nitrogen and oxygen atoms in total. The van der Waals surface area contributed by atoms with Crippen molar-refractivity contribution >= 4 is 29.3 Å². The van der Waals surface area contributed by atoms with Crippen LogP contribution in [0.2, 0.25) is 5.02 Å². The first-order valence-electron chi connectivity index (χ1n) is 6.69. The number of hydrogen-bond acceptors (Lipinski definition) is 3. The molecular weight excluding hydrogens is 316 g/mol. The smallest absolute Gasteiger partial charge is 0.253 e. The molecule has 1 amide bonds. The van der Waals surface area contributed by atoms with E-state index in [2.05, 4.69) is 11.4 Å². The van der Waals surface area contributed by atoms with Crippen LogP contribution in [-0.2, 0) is 0 Å². The first-order valence-corrected chi connectivity index (χ1v) is 8.30. The van der Waals surface area contributed by atoms with E-state index in [4.69, 9.17) is 16.9 Å². The number of halogens is 1. The molecule has 0 aliphatic rings. The normalized spacial score (nSPS) is 11.5. The standard InChI is InChI=1S/C17H15ClN2OS/c1-11(13-5-3-12(10-19)4-6-13)20-17(21)15-9-14(22-2)7-8-16(15)18/h3-9,11H,1-2H3,(H,20,21). The molecule has 5 heteroatoms. The van der Waals surface area contributed by atoms with Crippen LogP contribution in [0.4, 0.5) is 0 Å². The molecule has 0 fully saturated rings. The van der Waals surface area contributed by atoms with E-state index in [1.807, 2.05) is 31.4 Å². The van der Waals surface area contributed by atoms with Gasteiger partial charge in [-0.1, -0.05) is 23.7 Å². The first kappa shape index (κ1) is 16.4. The fourth-order valence-electron chi connectivity index (χ4n) is 2.01. The van der Waals surface area contributed by atoms with Crippen molar-refractivity contribution in [3.63, 3.8) is 0 Å². The molecule has 0 aromatic heterocycles. The summed E-state index contributed by atoms with van der Waals surface area (Å²) in [6.45, 7) is 1.89. The Kier molecular flexibility index (Phi) is 5.48. The summed E-state index contributed by atoms with van der Waals surface area (Å²) in [6.07, 6.45) is 1.95. The van der Waals surface area contributed by atoms with E-state index in [1.165, 1.54) is 0 Å². The van der Waals surface area contributed by atoms with Gasteiger partial charge in [-0.2, -0.15) is 5.26 Å². The molecule has 1 N–H and O–H groups in total. The highest BCUT2D eigenvalue weighted by atomic mass is 35.5. The third kappa shape index (κ3) is 3.82. The van der Waals surface area contributed by atoms with Gasteiger partial charge in [-0.15, -0.1) is 11.8 Å². The highest BCUT2D eigenvalue weighted by molar-refractivity contribution is 7.98. The van der Waals surface area contributed by atoms with Crippen LogP contribution in [0.15, 0.2) is 47.4 Å². The average Bonchev–Trinajstić information content (AvgIpc) is 2.55. The lowest BCUT2D eigenvalue weighted by Gasteiger charge is -2.15. The topological polar surface area (TPSA) is 52.9 Å². The molecule has 1 atom stereocenters. The van der Waals surface area contributed by atoms with Crippen molar-refractivity contribution in [2.75, 3.05) is 6.26 Å². The molecule has 22 heavy (non-hydrogen) atoms. The third-order valence-corrected chi connectivity index (χ3v) is 4.36. The summed E-state index contributed by atoms with van der Waals surface area (Å²) in [5, 5.41) is 12.2. The van der Waals surface area contributed by atoms with Gasteiger partial charge < -0.3 is 5.32 Å². The maximum Gasteiger partial charge on any atom is 0.253 e. The molecule has 2 aromatic carbocycles. The minimum absolute atomic E-state index is 0.172. The Labute approximate surface area is 139 Å². The van der Waals surface area contributed by atoms with E-state index >= 15 is 0 Å². The Morgan fingerprint density at radius 1 is 1.27 bits per heavy atom. The molecule has 0 aliphatic carbocycles. The van der Waals surface area contributed by atoms with E-state index in [0.717, 1.165) is 10.5 Å². The lowest BCUT2D eigenvalue weighted by molar-refractivity contribution is 0.0940. The van der Waals surface area contributed by atoms with Gasteiger partial charge in [0, 0.05) is 4.90 Å². The van der Waals surface area contributed by atoms with E-state index in [0.29, 0.717) is 16.1 Å². The fraction of sp³-hybridized carbons (Fsp3) is 0.176. The van der Waals surface area contributed by atoms with E-state index < -0.39 is 0 Å². The van der Waals surface area contributed by atoms with Gasteiger partial charge in [0.15, 0.2) is 0 Å². The number of amides is 1. The van der Waals surface area contributed by atoms with Gasteiger partial charge in [0.25, 0.3) is 5.91 Å². The number of rotatable bonds is 4. The summed E-state index contributed by atoms with van der Waals surface area (Å²) < 4.78 is 0. The summed E-state index contributed by atoms with van der Waals surface area (Å²) in [4.78, 5) is 13.4. The Morgan fingerprint density at radius 3 is 2.55 bits per heavy atom. The molecule has 0 saturated carbocycles. The largest absolute Gasteiger partial charge is 0.345 e. The van der Waals surface area contributed by atoms with Crippen LogP contribution >= 0.6 is 23.4 Å². The predicted octanol–water partition coefficient (Wildman–Crippen LogP) is 4.42. The Morgan fingerprint density at radius 2 is 1.95 bits per heavy atom. The lowest BCUT2D eigenvalue weighted by atomic mass is 10.1. The minimum Gasteiger partial charge on any atom is -0.345 e. The zero-order chi connectivity index (χ0) is 16.1. The van der Waals surface area contributed by atoms with Crippen molar-refractivity contribution in [2.24, 2.45) is 0 Å². The maximum atomic E-state index is 12.4. The van der Waals surface area contributed by atoms with Gasteiger partial charge in [0.05, 0.1) is 28.3 Å². The number of nitriles is 1. The van der Waals surface area contributed by atoms with Crippen LogP contribution < -0.4 is 5.32 Å². The number of benzene rings is 2. The van der Waals surface area contributed by atoms with Gasteiger partial charge in [-0.05, 0) is 49.1 Å². The van der Waals surface area contributed by atoms with Gasteiger partial charge in [-0.3, -0.25) is 4.79 Å². The van der Waals surface area contributed by atoms with Crippen molar-refractivity contribution in [1.82, 2.24) is 5.32 Å². The second-order valence-electron chi connectivity index (χ2n) is 4.77. The number of thioether (sulfide) groups is 1. The van der Waals surface area contributed by atoms with Crippen molar-refractivity contribution in [3.05, 3.63) is 64.2 Å². The molecule has 2 rings (SSSR count). The second kappa shape index (κ2) is 7.35. The molecule has 0 radical (unpaired) electrons. The van der Waals surface area contributed by atoms with E-state index in [1.54, 1.807) is 36.0 Å². The lowest BCUT2D eigenvalue weighted by Crippen LogP contribution is -2.26. The second-order valence-corrected chi connectivity index (χ2v) is 6.06. The van der Waals surface area contributed by atoms with Crippen LogP contribution in [0.3, 0.4) is 0 Å². The minimum atomic E-state index is -0.210. The molecule has 0 spiro atoms. The number of carbonyl (C=O) groups excluding carboxylic acids is 1. The van der Waals surface area contributed by atoms with Crippen LogP contribution in [0.1, 0.15) is 34.5 Å². The Bertz CT molecular complexity index is 722. The highest BCUT2D eigenvalue weighted by Gasteiger charge is 2.15. The molecule has 1 unspecified atom stereocenters. The maximum absolute atomic E-state index is 12.4. The molecule has 112 valence electrons. The van der Waals surface area contributed by atoms with Crippen LogP contribution in [0, 0.1) is 11.3 Å². The number of nitrogens with zero attached hydrogens (tertiary/aromatic N) is 1. The van der Waals surface area contributed by atoms with Gasteiger partial charge in [0.2, 0.25) is 0 Å². The molecular formula is C17H15ClN2OS. The van der Waals surface area contributed by atoms with E-state index in [-0.39, 0.29) is 11.9 Å². The van der Waals surface area contributed by atoms with E-state index in [9.17, 15) is 4.79 Å². The van der Waals surface area contributed by atoms with Crippen molar-refractivity contribution in [2.45, 2.75) is 17.9 Å². The van der Waals surface area contributed by atoms with Crippen molar-refractivity contribution < 1.29 is 4.79 Å². The molecule has 2 aromatic rings. The summed E-state index contributed by atoms with van der Waals surface area (Å²) >= 11 is 7.67. The predicted molar refractivity (Wildman–Crippen MR) is 90.3 cm³/mol. The summed E-state index contributed by atoms with van der Waals surface area (Å²) in [5.41, 5.74) is 2.00. The Balaban J connectivity index is 2.15. The number of nitrogens with one attached hydrogen (secondary N) is 1. The average molecular weight is 331 g/mol. The molecule has 0 aliphatic heterocycles. The monoisotopic (exact) mass is 330 g/mol. The zero-order valence-corrected chi connectivity index (χ0v) is 13.8. The van der Waals surface area contributed by atoms with Gasteiger partial charge in [-0.25, -0.2) is 0 Å². The van der Waals surface area contributed by atoms with Crippen molar-refractivity contribution in [1.29, 1.82) is 5.26 Å². The highest BCUT2D eigenvalue weighted by Crippen LogP contribution is 2.24. The number of hydrogen-bond donors (Lipinski definition) is 1. The third-order valence-electron chi connectivity index (χ3n) is 3.31. The zero-order valence-electron chi connectivity index (χ0n) is 12.3. The summed E-state index contributed by atoms with van der Waals surface area (Å²) in [6, 6.07) is 14.4. The van der Waals surface area contributed by atoms with Gasteiger partial charge in [0.1, 0.15) is 0 Å². The number of carbonyl (C=O) groups is 1. The fourth-order valence-corrected chi connectivity index (χ4v) is 2.65. The molecule has 0 bridgehead atoms. The summed E-state index contributed by atoms with van der Waals surface area (Å²) in [5.74, 6) is -0.210. The van der Waals surface area contributed by atoms with Crippen LogP contribution in [-0.4, -0.2) is 12.2 Å². The van der Waals surface area contributed by atoms with Crippen LogP contribution in [0.25, 0.3) is 0 Å². The molecule has 0 saturated heterocycles. The quantitative estimate of drug-likeness (QED) is 0.844. The SMILES string of the molecule is CSc1ccc(Cl)c(C(=O)NC(C)c2ccc(C#N)cc2)c1. The summed E-state index contributed by atoms with van der Waals surface area (Å²) in [7, 11) is 0. The van der Waals surface area contributed by atoms with Crippen LogP contribution in [0.5, 0.6) is 0 Å². The first-order chi connectivity index (χ1) is 10.5. The Hall–Kier alpha value is -1.96. The van der Waals surface area contributed by atoms with Crippen molar-refractivity contribution in [3.8, 4) is 6.07 Å². The molecule has 0 heterocycles. The van der Waals surface area contributed by atoms with Gasteiger partial charge >= 0.3 is 0 Å².